The standard InChI is InChI=1S/C38H55Cl2N3O4/c1-22(2)12-11-13-23(3)18-19-46-35-41-33-30(29(25-14-16-26(39)17-15-25)32(40)43(33)36(45)42-35)34(44)47-31-27(37(5,6)7)20-24(4)21-28(31)38(8,9)10/h14-17,22-24,27-28,31H,11-13,18-21H2,1-10H3,(H,41,42,45). The molecule has 0 amide bonds. The lowest BCUT2D eigenvalue weighted by Crippen LogP contribution is -2.49. The average Bonchev–Trinajstić information content (AvgIpc) is 3.25. The number of hydrogen-bond donors (Lipinski definition) is 1. The van der Waals surface area contributed by atoms with E-state index in [1.54, 1.807) is 24.3 Å². The molecule has 0 bridgehead atoms. The molecule has 1 saturated carbocycles. The molecule has 0 saturated heterocycles. The van der Waals surface area contributed by atoms with Gasteiger partial charge < -0.3 is 9.47 Å². The van der Waals surface area contributed by atoms with Crippen LogP contribution in [-0.2, 0) is 4.74 Å². The lowest BCUT2D eigenvalue weighted by Gasteiger charge is -2.50. The number of aromatic amines is 1. The minimum Gasteiger partial charge on any atom is -0.465 e. The summed E-state index contributed by atoms with van der Waals surface area (Å²) in [5.41, 5.74) is 0.542. The highest BCUT2D eigenvalue weighted by Gasteiger charge is 2.48. The van der Waals surface area contributed by atoms with E-state index in [4.69, 9.17) is 32.7 Å². The Morgan fingerprint density at radius 2 is 1.57 bits per heavy atom. The largest absolute Gasteiger partial charge is 0.465 e. The second-order valence-corrected chi connectivity index (χ2v) is 17.3. The number of aromatic nitrogens is 3. The Morgan fingerprint density at radius 1 is 0.979 bits per heavy atom. The zero-order valence-corrected chi connectivity index (χ0v) is 31.5. The van der Waals surface area contributed by atoms with Gasteiger partial charge in [0, 0.05) is 22.4 Å². The summed E-state index contributed by atoms with van der Waals surface area (Å²) in [5, 5.41) is 0.616. The van der Waals surface area contributed by atoms with Crippen molar-refractivity contribution < 1.29 is 14.3 Å². The smallest absolute Gasteiger partial charge is 0.342 e. The third-order valence-electron chi connectivity index (χ3n) is 9.95. The Bertz CT molecular complexity index is 1560. The molecule has 1 aliphatic rings. The molecule has 3 aromatic rings. The van der Waals surface area contributed by atoms with E-state index < -0.39 is 11.7 Å². The summed E-state index contributed by atoms with van der Waals surface area (Å²) in [6.07, 6.45) is 5.90. The van der Waals surface area contributed by atoms with Crippen molar-refractivity contribution in [2.75, 3.05) is 6.61 Å². The van der Waals surface area contributed by atoms with Crippen LogP contribution in [0.3, 0.4) is 0 Å². The van der Waals surface area contributed by atoms with Gasteiger partial charge in [-0.3, -0.25) is 4.98 Å². The van der Waals surface area contributed by atoms with E-state index in [-0.39, 0.29) is 51.1 Å². The maximum Gasteiger partial charge on any atom is 0.342 e. The van der Waals surface area contributed by atoms with Crippen LogP contribution in [0.15, 0.2) is 29.1 Å². The van der Waals surface area contributed by atoms with Crippen LogP contribution in [0.25, 0.3) is 16.8 Å². The van der Waals surface area contributed by atoms with Crippen molar-refractivity contribution in [3.05, 3.63) is 50.5 Å². The molecule has 2 aromatic heterocycles. The van der Waals surface area contributed by atoms with E-state index in [0.29, 0.717) is 40.5 Å². The molecule has 47 heavy (non-hydrogen) atoms. The number of nitrogens with zero attached hydrogens (tertiary/aromatic N) is 2. The number of nitrogens with one attached hydrogen (secondary N) is 1. The van der Waals surface area contributed by atoms with Crippen LogP contribution in [-0.4, -0.2) is 33.0 Å². The number of fused-ring (bicyclic) bond motifs is 1. The van der Waals surface area contributed by atoms with Gasteiger partial charge in [-0.25, -0.2) is 14.0 Å². The first-order chi connectivity index (χ1) is 21.9. The van der Waals surface area contributed by atoms with E-state index >= 15 is 0 Å². The quantitative estimate of drug-likeness (QED) is 0.203. The van der Waals surface area contributed by atoms with E-state index in [1.165, 1.54) is 17.2 Å². The molecule has 2 heterocycles. The average molecular weight is 689 g/mol. The van der Waals surface area contributed by atoms with Crippen molar-refractivity contribution in [1.29, 1.82) is 0 Å². The Hall–Kier alpha value is -2.51. The van der Waals surface area contributed by atoms with Gasteiger partial charge in [-0.1, -0.05) is 124 Å². The predicted molar refractivity (Wildman–Crippen MR) is 193 cm³/mol. The number of ether oxygens (including phenoxy) is 2. The molecule has 3 atom stereocenters. The van der Waals surface area contributed by atoms with Crippen LogP contribution >= 0.6 is 23.2 Å². The molecular formula is C38H55Cl2N3O4. The number of carbonyl (C=O) groups excluding carboxylic acids is 1. The first-order valence-electron chi connectivity index (χ1n) is 17.3. The van der Waals surface area contributed by atoms with Crippen molar-refractivity contribution in [3.63, 3.8) is 0 Å². The van der Waals surface area contributed by atoms with Gasteiger partial charge >= 0.3 is 11.7 Å². The lowest BCUT2D eigenvalue weighted by atomic mass is 9.59. The highest BCUT2D eigenvalue weighted by Crippen LogP contribution is 2.50. The Morgan fingerprint density at radius 3 is 2.13 bits per heavy atom. The van der Waals surface area contributed by atoms with E-state index in [2.05, 4.69) is 79.2 Å². The summed E-state index contributed by atoms with van der Waals surface area (Å²) >= 11 is 13.2. The van der Waals surface area contributed by atoms with Gasteiger partial charge in [0.2, 0.25) is 0 Å². The van der Waals surface area contributed by atoms with Crippen molar-refractivity contribution >= 4 is 34.8 Å². The fourth-order valence-electron chi connectivity index (χ4n) is 7.16. The van der Waals surface area contributed by atoms with Gasteiger partial charge in [-0.2, -0.15) is 4.98 Å². The Balaban J connectivity index is 1.76. The van der Waals surface area contributed by atoms with Crippen molar-refractivity contribution in [1.82, 2.24) is 14.4 Å². The van der Waals surface area contributed by atoms with Crippen LogP contribution < -0.4 is 10.4 Å². The van der Waals surface area contributed by atoms with Crippen LogP contribution in [0, 0.1) is 40.4 Å². The fourth-order valence-corrected chi connectivity index (χ4v) is 7.65. The summed E-state index contributed by atoms with van der Waals surface area (Å²) in [6.45, 7) is 22.7. The molecule has 1 aliphatic carbocycles. The highest BCUT2D eigenvalue weighted by molar-refractivity contribution is 6.34. The van der Waals surface area contributed by atoms with Gasteiger partial charge in [-0.05, 0) is 65.5 Å². The fraction of sp³-hybridized carbons (Fsp3) is 0.658. The summed E-state index contributed by atoms with van der Waals surface area (Å²) < 4.78 is 13.8. The normalized spacial score (nSPS) is 21.3. The van der Waals surface area contributed by atoms with Crippen molar-refractivity contribution in [2.24, 2.45) is 40.4 Å². The molecule has 7 nitrogen and oxygen atoms in total. The number of rotatable bonds is 11. The maximum absolute atomic E-state index is 14.6. The summed E-state index contributed by atoms with van der Waals surface area (Å²) in [5.74, 6) is 1.39. The number of hydrogen-bond acceptors (Lipinski definition) is 5. The van der Waals surface area contributed by atoms with Crippen LogP contribution in [0.4, 0.5) is 0 Å². The number of esters is 1. The molecule has 3 unspecified atom stereocenters. The molecule has 0 spiro atoms. The topological polar surface area (TPSA) is 85.7 Å². The third-order valence-corrected chi connectivity index (χ3v) is 10.6. The molecule has 0 radical (unpaired) electrons. The molecule has 4 rings (SSSR count). The number of carbonyl (C=O) groups is 1. The SMILES string of the molecule is CC(C)CCCC(C)CCOc1nc2c(C(=O)OC3C(C(C)(C)C)CC(C)CC3C(C)(C)C)c(-c3ccc(Cl)cc3)c(Cl)n2c(=O)[nH]1. The predicted octanol–water partition coefficient (Wildman–Crippen LogP) is 10.5. The summed E-state index contributed by atoms with van der Waals surface area (Å²) in [6, 6.07) is 7.07. The number of benzene rings is 1. The zero-order chi connectivity index (χ0) is 34.8. The molecule has 0 aliphatic heterocycles. The van der Waals surface area contributed by atoms with Crippen LogP contribution in [0.2, 0.25) is 10.2 Å². The molecule has 1 N–H and O–H groups in total. The first kappa shape index (κ1) is 37.3. The monoisotopic (exact) mass is 687 g/mol. The molecular weight excluding hydrogens is 633 g/mol. The van der Waals surface area contributed by atoms with E-state index in [1.807, 2.05) is 0 Å². The number of halogens is 2. The second-order valence-electron chi connectivity index (χ2n) is 16.5. The summed E-state index contributed by atoms with van der Waals surface area (Å²) in [7, 11) is 0. The minimum absolute atomic E-state index is 0.0504. The van der Waals surface area contributed by atoms with E-state index in [9.17, 15) is 9.59 Å². The molecule has 1 aromatic carbocycles. The third kappa shape index (κ3) is 8.94. The lowest BCUT2D eigenvalue weighted by molar-refractivity contribution is -0.0922. The Labute approximate surface area is 291 Å². The van der Waals surface area contributed by atoms with Gasteiger partial charge in [0.05, 0.1) is 6.61 Å². The van der Waals surface area contributed by atoms with Crippen LogP contribution in [0.5, 0.6) is 6.01 Å². The summed E-state index contributed by atoms with van der Waals surface area (Å²) in [4.78, 5) is 35.5. The highest BCUT2D eigenvalue weighted by atomic mass is 35.5. The van der Waals surface area contributed by atoms with Gasteiger partial charge in [0.15, 0.2) is 5.65 Å². The van der Waals surface area contributed by atoms with Crippen LogP contribution in [0.1, 0.15) is 118 Å². The van der Waals surface area contributed by atoms with Gasteiger partial charge in [0.1, 0.15) is 16.8 Å². The second kappa shape index (κ2) is 14.9. The molecule has 1 fully saturated rings. The number of H-pyrrole nitrogens is 1. The van der Waals surface area contributed by atoms with E-state index in [0.717, 1.165) is 25.7 Å². The minimum atomic E-state index is -0.551. The van der Waals surface area contributed by atoms with Crippen molar-refractivity contribution in [3.8, 4) is 17.1 Å². The van der Waals surface area contributed by atoms with Crippen molar-refractivity contribution in [2.45, 2.75) is 114 Å². The molecule has 9 heteroatoms. The maximum atomic E-state index is 14.6. The first-order valence-corrected chi connectivity index (χ1v) is 18.1. The zero-order valence-electron chi connectivity index (χ0n) is 30.0. The van der Waals surface area contributed by atoms with Gasteiger partial charge in [-0.15, -0.1) is 0 Å². The van der Waals surface area contributed by atoms with Gasteiger partial charge in [0.25, 0.3) is 6.01 Å². The Kier molecular flexibility index (Phi) is 11.9. The molecule has 260 valence electrons.